The van der Waals surface area contributed by atoms with Gasteiger partial charge in [-0.2, -0.15) is 0 Å². The molecule has 0 aromatic heterocycles. The first-order chi connectivity index (χ1) is 15.0. The summed E-state index contributed by atoms with van der Waals surface area (Å²) < 4.78 is 5.78. The molecule has 31 heavy (non-hydrogen) atoms. The maximum atomic E-state index is 12.7. The molecule has 3 aromatic rings. The number of nitrogens with zero attached hydrogens (tertiary/aromatic N) is 1. The van der Waals surface area contributed by atoms with Crippen molar-refractivity contribution in [3.05, 3.63) is 104 Å². The minimum absolute atomic E-state index is 0.216. The van der Waals surface area contributed by atoms with Crippen molar-refractivity contribution in [3.8, 4) is 5.75 Å². The Balaban J connectivity index is 1.41. The van der Waals surface area contributed by atoms with E-state index < -0.39 is 0 Å². The Bertz CT molecular complexity index is 1140. The number of carbonyl (C=O) groups excluding carboxylic acids is 2. The molecular formula is C24H17Cl2NO3S. The van der Waals surface area contributed by atoms with Gasteiger partial charge in [0, 0.05) is 15.6 Å². The van der Waals surface area contributed by atoms with E-state index in [1.54, 1.807) is 30.3 Å². The summed E-state index contributed by atoms with van der Waals surface area (Å²) in [5.41, 5.74) is 2.55. The van der Waals surface area contributed by atoms with E-state index in [0.717, 1.165) is 28.5 Å². The van der Waals surface area contributed by atoms with Crippen LogP contribution in [0.3, 0.4) is 0 Å². The van der Waals surface area contributed by atoms with Crippen LogP contribution in [0.5, 0.6) is 5.75 Å². The average Bonchev–Trinajstić information content (AvgIpc) is 3.03. The van der Waals surface area contributed by atoms with Crippen LogP contribution >= 0.6 is 35.0 Å². The molecule has 0 aliphatic carbocycles. The van der Waals surface area contributed by atoms with Crippen LogP contribution in [0.2, 0.25) is 10.0 Å². The molecule has 0 atom stereocenters. The molecule has 1 heterocycles. The Morgan fingerprint density at radius 3 is 2.32 bits per heavy atom. The molecule has 1 aliphatic heterocycles. The third kappa shape index (κ3) is 5.31. The van der Waals surface area contributed by atoms with E-state index in [0.29, 0.717) is 27.3 Å². The highest BCUT2D eigenvalue weighted by Crippen LogP contribution is 2.33. The Kier molecular flexibility index (Phi) is 6.66. The number of rotatable bonds is 6. The van der Waals surface area contributed by atoms with Crippen LogP contribution in [-0.2, 0) is 17.9 Å². The number of benzene rings is 3. The van der Waals surface area contributed by atoms with Gasteiger partial charge in [-0.1, -0.05) is 65.7 Å². The van der Waals surface area contributed by atoms with Gasteiger partial charge in [-0.15, -0.1) is 0 Å². The van der Waals surface area contributed by atoms with Gasteiger partial charge in [0.1, 0.15) is 12.4 Å². The van der Waals surface area contributed by atoms with Crippen molar-refractivity contribution in [2.75, 3.05) is 0 Å². The summed E-state index contributed by atoms with van der Waals surface area (Å²) >= 11 is 13.0. The molecule has 2 amide bonds. The molecule has 0 N–H and O–H groups in total. The lowest BCUT2D eigenvalue weighted by Crippen LogP contribution is -2.27. The Morgan fingerprint density at radius 2 is 1.61 bits per heavy atom. The second-order valence-electron chi connectivity index (χ2n) is 6.84. The van der Waals surface area contributed by atoms with Crippen LogP contribution in [0.25, 0.3) is 6.08 Å². The molecule has 1 saturated heterocycles. The van der Waals surface area contributed by atoms with Gasteiger partial charge in [-0.05, 0) is 59.3 Å². The van der Waals surface area contributed by atoms with Crippen molar-refractivity contribution >= 4 is 52.2 Å². The van der Waals surface area contributed by atoms with Crippen molar-refractivity contribution in [1.82, 2.24) is 4.90 Å². The number of ether oxygens (including phenoxy) is 1. The summed E-state index contributed by atoms with van der Waals surface area (Å²) in [6.45, 7) is 0.580. The zero-order chi connectivity index (χ0) is 21.8. The Hall–Kier alpha value is -2.73. The minimum atomic E-state index is -0.302. The third-order valence-corrected chi connectivity index (χ3v) is 6.19. The van der Waals surface area contributed by atoms with E-state index in [4.69, 9.17) is 27.9 Å². The van der Waals surface area contributed by atoms with Crippen LogP contribution in [-0.4, -0.2) is 16.0 Å². The molecule has 1 fully saturated rings. The zero-order valence-corrected chi connectivity index (χ0v) is 18.6. The topological polar surface area (TPSA) is 46.6 Å². The quantitative estimate of drug-likeness (QED) is 0.372. The predicted molar refractivity (Wildman–Crippen MR) is 125 cm³/mol. The lowest BCUT2D eigenvalue weighted by Gasteiger charge is -2.12. The molecule has 0 unspecified atom stereocenters. The number of imide groups is 1. The lowest BCUT2D eigenvalue weighted by molar-refractivity contribution is -0.123. The van der Waals surface area contributed by atoms with Crippen LogP contribution in [0.4, 0.5) is 4.79 Å². The van der Waals surface area contributed by atoms with E-state index in [2.05, 4.69) is 0 Å². The molecule has 0 spiro atoms. The van der Waals surface area contributed by atoms with E-state index in [-0.39, 0.29) is 17.7 Å². The summed E-state index contributed by atoms with van der Waals surface area (Å²) in [5.74, 6) is 0.386. The molecule has 0 bridgehead atoms. The fourth-order valence-corrected chi connectivity index (χ4v) is 4.15. The van der Waals surface area contributed by atoms with Crippen molar-refractivity contribution in [1.29, 1.82) is 0 Å². The normalized spacial score (nSPS) is 15.0. The van der Waals surface area contributed by atoms with Crippen LogP contribution in [0, 0.1) is 0 Å². The number of carbonyl (C=O) groups is 2. The molecule has 7 heteroatoms. The average molecular weight is 470 g/mol. The molecule has 0 saturated carbocycles. The van der Waals surface area contributed by atoms with E-state index in [9.17, 15) is 9.59 Å². The van der Waals surface area contributed by atoms with Crippen molar-refractivity contribution in [2.24, 2.45) is 0 Å². The van der Waals surface area contributed by atoms with Crippen LogP contribution < -0.4 is 4.74 Å². The lowest BCUT2D eigenvalue weighted by atomic mass is 10.2. The number of amides is 2. The van der Waals surface area contributed by atoms with Gasteiger partial charge in [0.25, 0.3) is 11.1 Å². The van der Waals surface area contributed by atoms with Gasteiger partial charge in [0.05, 0.1) is 11.4 Å². The largest absolute Gasteiger partial charge is 0.489 e. The molecule has 156 valence electrons. The van der Waals surface area contributed by atoms with Crippen molar-refractivity contribution in [3.63, 3.8) is 0 Å². The fourth-order valence-electron chi connectivity index (χ4n) is 3.00. The first-order valence-electron chi connectivity index (χ1n) is 9.46. The Labute approximate surface area is 194 Å². The maximum absolute atomic E-state index is 12.7. The predicted octanol–water partition coefficient (Wildman–Crippen LogP) is 6.81. The molecular weight excluding hydrogens is 453 g/mol. The second-order valence-corrected chi connectivity index (χ2v) is 8.68. The molecule has 0 radical (unpaired) electrons. The highest BCUT2D eigenvalue weighted by atomic mass is 35.5. The van der Waals surface area contributed by atoms with E-state index in [1.807, 2.05) is 48.5 Å². The smallest absolute Gasteiger partial charge is 0.293 e. The standard InChI is InChI=1S/C24H17Cl2NO3S/c25-19-9-5-17(6-10-19)14-27-23(28)22(31-24(27)29)13-16-7-11-20(12-8-16)30-15-18-3-1-2-4-21(18)26/h1-13H,14-15H2/b22-13-. The summed E-state index contributed by atoms with van der Waals surface area (Å²) in [7, 11) is 0. The number of halogens is 2. The summed E-state index contributed by atoms with van der Waals surface area (Å²) in [6, 6.07) is 21.9. The van der Waals surface area contributed by atoms with Crippen LogP contribution in [0.1, 0.15) is 16.7 Å². The van der Waals surface area contributed by atoms with Gasteiger partial charge < -0.3 is 4.74 Å². The SMILES string of the molecule is O=C1S/C(=C\c2ccc(OCc3ccccc3Cl)cc2)C(=O)N1Cc1ccc(Cl)cc1. The van der Waals surface area contributed by atoms with Gasteiger partial charge >= 0.3 is 0 Å². The third-order valence-electron chi connectivity index (χ3n) is 4.66. The first-order valence-corrected chi connectivity index (χ1v) is 11.0. The van der Waals surface area contributed by atoms with Crippen LogP contribution in [0.15, 0.2) is 77.7 Å². The van der Waals surface area contributed by atoms with Gasteiger partial charge in [0.15, 0.2) is 0 Å². The monoisotopic (exact) mass is 469 g/mol. The van der Waals surface area contributed by atoms with E-state index in [1.165, 1.54) is 4.90 Å². The van der Waals surface area contributed by atoms with E-state index >= 15 is 0 Å². The minimum Gasteiger partial charge on any atom is -0.489 e. The van der Waals surface area contributed by atoms with Gasteiger partial charge in [-0.25, -0.2) is 0 Å². The highest BCUT2D eigenvalue weighted by Gasteiger charge is 2.34. The van der Waals surface area contributed by atoms with Gasteiger partial charge in [0.2, 0.25) is 0 Å². The number of hydrogen-bond donors (Lipinski definition) is 0. The Morgan fingerprint density at radius 1 is 0.903 bits per heavy atom. The zero-order valence-electron chi connectivity index (χ0n) is 16.3. The number of thioether (sulfide) groups is 1. The summed E-state index contributed by atoms with van der Waals surface area (Å²) in [4.78, 5) is 26.7. The maximum Gasteiger partial charge on any atom is 0.293 e. The molecule has 1 aliphatic rings. The van der Waals surface area contributed by atoms with Crippen molar-refractivity contribution < 1.29 is 14.3 Å². The fraction of sp³-hybridized carbons (Fsp3) is 0.0833. The van der Waals surface area contributed by atoms with Crippen molar-refractivity contribution in [2.45, 2.75) is 13.2 Å². The molecule has 3 aromatic carbocycles. The summed E-state index contributed by atoms with van der Waals surface area (Å²) in [6.07, 6.45) is 1.71. The molecule has 4 rings (SSSR count). The van der Waals surface area contributed by atoms with Gasteiger partial charge in [-0.3, -0.25) is 14.5 Å². The molecule has 4 nitrogen and oxygen atoms in total. The number of hydrogen-bond acceptors (Lipinski definition) is 4. The summed E-state index contributed by atoms with van der Waals surface area (Å²) in [5, 5.41) is 0.983. The second kappa shape index (κ2) is 9.60. The first kappa shape index (κ1) is 21.5. The highest BCUT2D eigenvalue weighted by molar-refractivity contribution is 8.18.